The molecule has 0 spiro atoms. The minimum atomic E-state index is -0.312. The van der Waals surface area contributed by atoms with Crippen LogP contribution in [0.25, 0.3) is 0 Å². The fraction of sp³-hybridized carbons (Fsp3) is 0.143. The van der Waals surface area contributed by atoms with Crippen LogP contribution in [0.3, 0.4) is 0 Å². The van der Waals surface area contributed by atoms with E-state index in [4.69, 9.17) is 0 Å². The van der Waals surface area contributed by atoms with E-state index in [1.807, 2.05) is 43.3 Å². The average Bonchev–Trinajstić information content (AvgIpc) is 2.39. The number of halogens is 1. The van der Waals surface area contributed by atoms with Crippen molar-refractivity contribution in [2.45, 2.75) is 11.8 Å². The molecule has 2 rings (SSSR count). The quantitative estimate of drug-likeness (QED) is 0.637. The van der Waals surface area contributed by atoms with Gasteiger partial charge < -0.3 is 0 Å². The van der Waals surface area contributed by atoms with Crippen molar-refractivity contribution >= 4 is 21.7 Å². The molecule has 1 heterocycles. The van der Waals surface area contributed by atoms with Gasteiger partial charge in [-0.3, -0.25) is 9.78 Å². The number of Topliss-reactive ketones (excluding diaryl/α,β-unsaturated/α-hetero) is 1. The van der Waals surface area contributed by atoms with Crippen LogP contribution in [-0.4, -0.2) is 10.8 Å². The number of ketones is 1. The molecule has 0 saturated heterocycles. The van der Waals surface area contributed by atoms with E-state index in [1.54, 1.807) is 12.4 Å². The highest BCUT2D eigenvalue weighted by Gasteiger charge is 2.18. The fourth-order valence-electron chi connectivity index (χ4n) is 1.55. The minimum Gasteiger partial charge on any atom is -0.293 e. The van der Waals surface area contributed by atoms with Crippen LogP contribution in [0, 0.1) is 6.92 Å². The van der Waals surface area contributed by atoms with E-state index < -0.39 is 0 Å². The number of alkyl halides is 1. The molecule has 2 aromatic rings. The summed E-state index contributed by atoms with van der Waals surface area (Å²) in [5.74, 6) is 0.0659. The van der Waals surface area contributed by atoms with E-state index >= 15 is 0 Å². The van der Waals surface area contributed by atoms with E-state index in [0.29, 0.717) is 5.56 Å². The molecule has 0 saturated carbocycles. The minimum absolute atomic E-state index is 0.0659. The summed E-state index contributed by atoms with van der Waals surface area (Å²) in [6, 6.07) is 11.3. The zero-order valence-corrected chi connectivity index (χ0v) is 11.0. The molecule has 0 fully saturated rings. The molecule has 0 radical (unpaired) electrons. The Labute approximate surface area is 109 Å². The zero-order chi connectivity index (χ0) is 12.3. The topological polar surface area (TPSA) is 30.0 Å². The third kappa shape index (κ3) is 2.80. The second kappa shape index (κ2) is 5.23. The van der Waals surface area contributed by atoms with Crippen LogP contribution >= 0.6 is 15.9 Å². The third-order valence-electron chi connectivity index (χ3n) is 2.57. The normalized spacial score (nSPS) is 12.1. The number of carbonyl (C=O) groups is 1. The van der Waals surface area contributed by atoms with Gasteiger partial charge in [-0.15, -0.1) is 0 Å². The van der Waals surface area contributed by atoms with Gasteiger partial charge in [0, 0.05) is 18.0 Å². The smallest absolute Gasteiger partial charge is 0.180 e. The first-order valence-corrected chi connectivity index (χ1v) is 6.25. The number of rotatable bonds is 3. The molecule has 0 unspecified atom stereocenters. The van der Waals surface area contributed by atoms with Crippen LogP contribution in [0.15, 0.2) is 48.8 Å². The zero-order valence-electron chi connectivity index (χ0n) is 9.43. The summed E-state index contributed by atoms with van der Waals surface area (Å²) in [7, 11) is 0. The second-order valence-corrected chi connectivity index (χ2v) is 4.79. The lowest BCUT2D eigenvalue weighted by Crippen LogP contribution is -2.07. The largest absolute Gasteiger partial charge is 0.293 e. The number of hydrogen-bond donors (Lipinski definition) is 0. The van der Waals surface area contributed by atoms with Crippen LogP contribution in [0.5, 0.6) is 0 Å². The van der Waals surface area contributed by atoms with Crippen LogP contribution in [0.2, 0.25) is 0 Å². The first-order valence-electron chi connectivity index (χ1n) is 5.33. The van der Waals surface area contributed by atoms with Gasteiger partial charge >= 0.3 is 0 Å². The Balaban J connectivity index is 2.23. The highest BCUT2D eigenvalue weighted by atomic mass is 79.9. The van der Waals surface area contributed by atoms with Crippen molar-refractivity contribution in [3.63, 3.8) is 0 Å². The SMILES string of the molecule is Cc1ccc(C(=O)[C@@H](Br)c2ccncc2)cc1. The molecule has 0 bridgehead atoms. The van der Waals surface area contributed by atoms with Crippen molar-refractivity contribution in [1.29, 1.82) is 0 Å². The van der Waals surface area contributed by atoms with Crippen molar-refractivity contribution in [3.05, 3.63) is 65.5 Å². The summed E-state index contributed by atoms with van der Waals surface area (Å²) < 4.78 is 0. The molecule has 0 aliphatic carbocycles. The highest BCUT2D eigenvalue weighted by Crippen LogP contribution is 2.26. The Morgan fingerprint density at radius 2 is 1.71 bits per heavy atom. The Bertz CT molecular complexity index is 508. The molecule has 1 atom stereocenters. The standard InChI is InChI=1S/C14H12BrNO/c1-10-2-4-12(5-3-10)14(17)13(15)11-6-8-16-9-7-11/h2-9,13H,1H3/t13-/m0/s1. The van der Waals surface area contributed by atoms with Crippen molar-refractivity contribution in [3.8, 4) is 0 Å². The predicted octanol–water partition coefficient (Wildman–Crippen LogP) is 3.71. The predicted molar refractivity (Wildman–Crippen MR) is 71.4 cm³/mol. The Kier molecular flexibility index (Phi) is 3.69. The Hall–Kier alpha value is -1.48. The van der Waals surface area contributed by atoms with Crippen molar-refractivity contribution in [2.24, 2.45) is 0 Å². The molecule has 0 N–H and O–H groups in total. The van der Waals surface area contributed by atoms with Gasteiger partial charge in [0.2, 0.25) is 0 Å². The van der Waals surface area contributed by atoms with E-state index in [-0.39, 0.29) is 10.6 Å². The molecule has 1 aromatic heterocycles. The highest BCUT2D eigenvalue weighted by molar-refractivity contribution is 9.09. The lowest BCUT2D eigenvalue weighted by Gasteiger charge is -2.09. The lowest BCUT2D eigenvalue weighted by atomic mass is 10.0. The van der Waals surface area contributed by atoms with Gasteiger partial charge in [0.1, 0.15) is 4.83 Å². The second-order valence-electron chi connectivity index (χ2n) is 3.87. The molecule has 0 amide bonds. The van der Waals surface area contributed by atoms with Gasteiger partial charge in [-0.05, 0) is 24.6 Å². The van der Waals surface area contributed by atoms with Gasteiger partial charge in [-0.25, -0.2) is 0 Å². The Morgan fingerprint density at radius 1 is 1.12 bits per heavy atom. The molecule has 1 aromatic carbocycles. The fourth-order valence-corrected chi connectivity index (χ4v) is 2.12. The maximum atomic E-state index is 12.2. The van der Waals surface area contributed by atoms with Gasteiger partial charge in [0.05, 0.1) is 0 Å². The molecular formula is C14H12BrNO. The monoisotopic (exact) mass is 289 g/mol. The molecule has 0 aliphatic rings. The van der Waals surface area contributed by atoms with Crippen molar-refractivity contribution in [1.82, 2.24) is 4.98 Å². The number of aromatic nitrogens is 1. The number of benzene rings is 1. The van der Waals surface area contributed by atoms with E-state index in [0.717, 1.165) is 11.1 Å². The van der Waals surface area contributed by atoms with E-state index in [1.165, 1.54) is 0 Å². The molecule has 86 valence electrons. The Morgan fingerprint density at radius 3 is 2.29 bits per heavy atom. The number of pyridine rings is 1. The number of hydrogen-bond acceptors (Lipinski definition) is 2. The number of carbonyl (C=O) groups excluding carboxylic acids is 1. The molecule has 3 heteroatoms. The molecule has 0 aliphatic heterocycles. The summed E-state index contributed by atoms with van der Waals surface area (Å²) >= 11 is 3.43. The summed E-state index contributed by atoms with van der Waals surface area (Å²) in [5.41, 5.74) is 2.79. The van der Waals surface area contributed by atoms with Crippen molar-refractivity contribution in [2.75, 3.05) is 0 Å². The molecule has 2 nitrogen and oxygen atoms in total. The third-order valence-corrected chi connectivity index (χ3v) is 3.51. The molecular weight excluding hydrogens is 278 g/mol. The first kappa shape index (κ1) is 12.0. The summed E-state index contributed by atoms with van der Waals surface area (Å²) in [6.07, 6.45) is 3.37. The van der Waals surface area contributed by atoms with E-state index in [2.05, 4.69) is 20.9 Å². The number of nitrogens with zero attached hydrogens (tertiary/aromatic N) is 1. The van der Waals surface area contributed by atoms with Crippen molar-refractivity contribution < 1.29 is 4.79 Å². The molecule has 17 heavy (non-hydrogen) atoms. The van der Waals surface area contributed by atoms with Crippen LogP contribution in [0.4, 0.5) is 0 Å². The lowest BCUT2D eigenvalue weighted by molar-refractivity contribution is 0.0991. The van der Waals surface area contributed by atoms with Gasteiger partial charge in [0.25, 0.3) is 0 Å². The summed E-state index contributed by atoms with van der Waals surface area (Å²) in [5, 5.41) is 0. The number of aryl methyl sites for hydroxylation is 1. The first-order chi connectivity index (χ1) is 8.18. The van der Waals surface area contributed by atoms with Crippen LogP contribution in [-0.2, 0) is 0 Å². The average molecular weight is 290 g/mol. The van der Waals surface area contributed by atoms with Gasteiger partial charge in [-0.2, -0.15) is 0 Å². The summed E-state index contributed by atoms with van der Waals surface area (Å²) in [6.45, 7) is 2.00. The maximum Gasteiger partial charge on any atom is 0.180 e. The van der Waals surface area contributed by atoms with E-state index in [9.17, 15) is 4.79 Å². The van der Waals surface area contributed by atoms with Crippen LogP contribution < -0.4 is 0 Å². The van der Waals surface area contributed by atoms with Gasteiger partial charge in [-0.1, -0.05) is 45.8 Å². The summed E-state index contributed by atoms with van der Waals surface area (Å²) in [4.78, 5) is 15.8. The van der Waals surface area contributed by atoms with Gasteiger partial charge in [0.15, 0.2) is 5.78 Å². The maximum absolute atomic E-state index is 12.2. The van der Waals surface area contributed by atoms with Crippen LogP contribution in [0.1, 0.15) is 26.3 Å².